The highest BCUT2D eigenvalue weighted by Gasteiger charge is 2.51. The smallest absolute Gasteiger partial charge is 0.399 e. The molecule has 0 saturated carbocycles. The van der Waals surface area contributed by atoms with Gasteiger partial charge in [-0.15, -0.1) is 0 Å². The fraction of sp³-hybridized carbons (Fsp3) is 0.290. The highest BCUT2D eigenvalue weighted by Crippen LogP contribution is 2.37. The quantitative estimate of drug-likeness (QED) is 0.308. The number of nitrogens with zero attached hydrogens (tertiary/aromatic N) is 2. The van der Waals surface area contributed by atoms with E-state index >= 15 is 0 Å². The van der Waals surface area contributed by atoms with Crippen LogP contribution >= 0.6 is 0 Å². The first kappa shape index (κ1) is 24.4. The molecule has 0 spiro atoms. The summed E-state index contributed by atoms with van der Waals surface area (Å²) in [5.41, 5.74) is 9.27. The standard InChI is InChI=1S/C31H33BN2O2/c1-20-21(2)33-22(3)34-29(20)26-17-15-24(16-18-26)23-11-13-25(14-12-23)27-9-8-10-28(19-27)32-35-30(4,5)31(6,7)36-32/h8-19H,1-7H3. The summed E-state index contributed by atoms with van der Waals surface area (Å²) in [6.07, 6.45) is 0. The normalized spacial score (nSPS) is 16.4. The van der Waals surface area contributed by atoms with Crippen LogP contribution in [0.25, 0.3) is 33.5 Å². The van der Waals surface area contributed by atoms with Crippen molar-refractivity contribution in [2.75, 3.05) is 0 Å². The van der Waals surface area contributed by atoms with Crippen LogP contribution in [0.1, 0.15) is 44.8 Å². The van der Waals surface area contributed by atoms with Crippen molar-refractivity contribution in [1.82, 2.24) is 9.97 Å². The highest BCUT2D eigenvalue weighted by molar-refractivity contribution is 6.62. The van der Waals surface area contributed by atoms with Crippen LogP contribution in [-0.2, 0) is 9.31 Å². The molecule has 5 heteroatoms. The fourth-order valence-corrected chi connectivity index (χ4v) is 4.57. The summed E-state index contributed by atoms with van der Waals surface area (Å²) in [4.78, 5) is 9.15. The van der Waals surface area contributed by atoms with Gasteiger partial charge in [-0.1, -0.05) is 72.8 Å². The molecule has 0 radical (unpaired) electrons. The third-order valence-corrected chi connectivity index (χ3v) is 7.62. The Hall–Kier alpha value is -3.28. The van der Waals surface area contributed by atoms with Crippen LogP contribution in [-0.4, -0.2) is 28.3 Å². The lowest BCUT2D eigenvalue weighted by molar-refractivity contribution is 0.00578. The topological polar surface area (TPSA) is 44.2 Å². The third-order valence-electron chi connectivity index (χ3n) is 7.62. The number of hydrogen-bond donors (Lipinski definition) is 0. The minimum absolute atomic E-state index is 0.352. The van der Waals surface area contributed by atoms with Gasteiger partial charge in [0.15, 0.2) is 0 Å². The molecule has 4 nitrogen and oxygen atoms in total. The molecular weight excluding hydrogens is 443 g/mol. The second-order valence-corrected chi connectivity index (χ2v) is 10.7. The summed E-state index contributed by atoms with van der Waals surface area (Å²) in [5, 5.41) is 0. The zero-order valence-corrected chi connectivity index (χ0v) is 22.2. The minimum atomic E-state index is -0.362. The molecule has 3 aromatic carbocycles. The zero-order valence-electron chi connectivity index (χ0n) is 22.2. The number of aryl methyl sites for hydroxylation is 2. The van der Waals surface area contributed by atoms with Crippen molar-refractivity contribution in [3.63, 3.8) is 0 Å². The Kier molecular flexibility index (Phi) is 6.10. The van der Waals surface area contributed by atoms with E-state index in [1.807, 2.05) is 13.8 Å². The molecule has 1 aliphatic rings. The van der Waals surface area contributed by atoms with E-state index < -0.39 is 0 Å². The largest absolute Gasteiger partial charge is 0.494 e. The Morgan fingerprint density at radius 2 is 1.11 bits per heavy atom. The van der Waals surface area contributed by atoms with E-state index in [-0.39, 0.29) is 18.3 Å². The predicted octanol–water partition coefficient (Wildman–Crippen LogP) is 6.70. The van der Waals surface area contributed by atoms with Gasteiger partial charge >= 0.3 is 7.12 Å². The molecule has 0 atom stereocenters. The van der Waals surface area contributed by atoms with Crippen LogP contribution < -0.4 is 5.46 Å². The van der Waals surface area contributed by atoms with E-state index in [2.05, 4.69) is 117 Å². The first-order chi connectivity index (χ1) is 17.0. The fourth-order valence-electron chi connectivity index (χ4n) is 4.57. The second kappa shape index (κ2) is 8.99. The zero-order chi connectivity index (χ0) is 25.7. The molecule has 182 valence electrons. The van der Waals surface area contributed by atoms with Crippen molar-refractivity contribution in [2.24, 2.45) is 0 Å². The van der Waals surface area contributed by atoms with Gasteiger partial charge in [-0.25, -0.2) is 9.97 Å². The summed E-state index contributed by atoms with van der Waals surface area (Å²) < 4.78 is 12.5. The first-order valence-electron chi connectivity index (χ1n) is 12.5. The maximum absolute atomic E-state index is 6.25. The maximum Gasteiger partial charge on any atom is 0.494 e. The van der Waals surface area contributed by atoms with Crippen LogP contribution in [0.4, 0.5) is 0 Å². The van der Waals surface area contributed by atoms with E-state index in [1.54, 1.807) is 0 Å². The summed E-state index contributed by atoms with van der Waals surface area (Å²) >= 11 is 0. The molecule has 36 heavy (non-hydrogen) atoms. The van der Waals surface area contributed by atoms with Gasteiger partial charge < -0.3 is 9.31 Å². The molecular formula is C31H33BN2O2. The Bertz CT molecular complexity index is 1390. The van der Waals surface area contributed by atoms with E-state index in [0.717, 1.165) is 44.9 Å². The maximum atomic E-state index is 6.25. The van der Waals surface area contributed by atoms with Gasteiger partial charge in [-0.3, -0.25) is 0 Å². The molecule has 0 N–H and O–H groups in total. The van der Waals surface area contributed by atoms with Gasteiger partial charge in [-0.05, 0) is 81.7 Å². The van der Waals surface area contributed by atoms with Crippen molar-refractivity contribution in [1.29, 1.82) is 0 Å². The Labute approximate surface area is 214 Å². The van der Waals surface area contributed by atoms with Crippen molar-refractivity contribution >= 4 is 12.6 Å². The molecule has 4 aromatic rings. The molecule has 5 rings (SSSR count). The molecule has 1 aliphatic heterocycles. The van der Waals surface area contributed by atoms with Crippen LogP contribution in [0.5, 0.6) is 0 Å². The average Bonchev–Trinajstić information content (AvgIpc) is 3.08. The predicted molar refractivity (Wildman–Crippen MR) is 148 cm³/mol. The molecule has 0 unspecified atom stereocenters. The van der Waals surface area contributed by atoms with Gasteiger partial charge in [0, 0.05) is 11.3 Å². The Morgan fingerprint density at radius 3 is 1.67 bits per heavy atom. The molecule has 2 heterocycles. The van der Waals surface area contributed by atoms with Gasteiger partial charge in [0.1, 0.15) is 5.82 Å². The molecule has 0 amide bonds. The van der Waals surface area contributed by atoms with Gasteiger partial charge in [0.2, 0.25) is 0 Å². The molecule has 1 fully saturated rings. The van der Waals surface area contributed by atoms with Crippen molar-refractivity contribution in [3.05, 3.63) is 89.9 Å². The lowest BCUT2D eigenvalue weighted by atomic mass is 9.78. The van der Waals surface area contributed by atoms with Crippen molar-refractivity contribution in [3.8, 4) is 33.5 Å². The monoisotopic (exact) mass is 476 g/mol. The average molecular weight is 476 g/mol. The highest BCUT2D eigenvalue weighted by atomic mass is 16.7. The van der Waals surface area contributed by atoms with Gasteiger partial charge in [-0.2, -0.15) is 0 Å². The van der Waals surface area contributed by atoms with Gasteiger partial charge in [0.25, 0.3) is 0 Å². The van der Waals surface area contributed by atoms with Gasteiger partial charge in [0.05, 0.1) is 16.9 Å². The van der Waals surface area contributed by atoms with Crippen LogP contribution in [0.15, 0.2) is 72.8 Å². The first-order valence-corrected chi connectivity index (χ1v) is 12.5. The van der Waals surface area contributed by atoms with Crippen molar-refractivity contribution < 1.29 is 9.31 Å². The van der Waals surface area contributed by atoms with E-state index in [4.69, 9.17) is 9.31 Å². The van der Waals surface area contributed by atoms with E-state index in [9.17, 15) is 0 Å². The SMILES string of the molecule is Cc1nc(C)c(C)c(-c2ccc(-c3ccc(-c4cccc(B5OC(C)(C)C(C)(C)O5)c4)cc3)cc2)n1. The molecule has 0 aliphatic carbocycles. The summed E-state index contributed by atoms with van der Waals surface area (Å²) in [6.45, 7) is 14.4. The molecule has 0 bridgehead atoms. The number of aromatic nitrogens is 2. The van der Waals surface area contributed by atoms with Crippen molar-refractivity contribution in [2.45, 2.75) is 59.7 Å². The molecule has 1 saturated heterocycles. The number of rotatable bonds is 4. The van der Waals surface area contributed by atoms with Crippen LogP contribution in [0.2, 0.25) is 0 Å². The van der Waals surface area contributed by atoms with E-state index in [1.165, 1.54) is 11.1 Å². The number of hydrogen-bond acceptors (Lipinski definition) is 4. The lowest BCUT2D eigenvalue weighted by Gasteiger charge is -2.32. The van der Waals surface area contributed by atoms with E-state index in [0.29, 0.717) is 0 Å². The minimum Gasteiger partial charge on any atom is -0.399 e. The lowest BCUT2D eigenvalue weighted by Crippen LogP contribution is -2.41. The second-order valence-electron chi connectivity index (χ2n) is 10.7. The Morgan fingerprint density at radius 1 is 0.611 bits per heavy atom. The number of benzene rings is 3. The summed E-state index contributed by atoms with van der Waals surface area (Å²) in [7, 11) is -0.362. The van der Waals surface area contributed by atoms with Crippen LogP contribution in [0, 0.1) is 20.8 Å². The Balaban J connectivity index is 1.37. The molecule has 1 aromatic heterocycles. The third kappa shape index (κ3) is 4.49. The summed E-state index contributed by atoms with van der Waals surface area (Å²) in [6, 6.07) is 25.8. The summed E-state index contributed by atoms with van der Waals surface area (Å²) in [5.74, 6) is 0.801. The van der Waals surface area contributed by atoms with Crippen LogP contribution in [0.3, 0.4) is 0 Å².